The Kier molecular flexibility index (Phi) is 5.17. The van der Waals surface area contributed by atoms with E-state index in [1.165, 1.54) is 0 Å². The molecule has 0 spiro atoms. The van der Waals surface area contributed by atoms with Gasteiger partial charge in [-0.05, 0) is 38.3 Å². The van der Waals surface area contributed by atoms with Crippen LogP contribution in [-0.2, 0) is 12.1 Å². The van der Waals surface area contributed by atoms with Gasteiger partial charge in [-0.2, -0.15) is 10.2 Å². The Bertz CT molecular complexity index is 916. The lowest BCUT2D eigenvalue weighted by Crippen LogP contribution is -2.26. The number of amides is 1. The Morgan fingerprint density at radius 1 is 1.19 bits per heavy atom. The zero-order chi connectivity index (χ0) is 19.6. The molecule has 1 amide bonds. The number of hydrogen-bond acceptors (Lipinski definition) is 3. The van der Waals surface area contributed by atoms with Crippen molar-refractivity contribution in [3.63, 3.8) is 0 Å². The Balaban J connectivity index is 1.74. The highest BCUT2D eigenvalue weighted by atomic mass is 16.2. The number of carbonyl (C=O) groups excluding carboxylic acids is 1. The van der Waals surface area contributed by atoms with E-state index in [1.54, 1.807) is 10.9 Å². The number of benzene rings is 1. The fraction of sp³-hybridized carbons (Fsp3) is 0.381. The van der Waals surface area contributed by atoms with Gasteiger partial charge >= 0.3 is 0 Å². The van der Waals surface area contributed by atoms with Crippen LogP contribution in [0.3, 0.4) is 0 Å². The van der Waals surface area contributed by atoms with Gasteiger partial charge in [0.2, 0.25) is 0 Å². The van der Waals surface area contributed by atoms with E-state index in [1.807, 2.05) is 47.3 Å². The highest BCUT2D eigenvalue weighted by Crippen LogP contribution is 2.24. The molecule has 3 aromatic rings. The maximum atomic E-state index is 12.7. The summed E-state index contributed by atoms with van der Waals surface area (Å²) in [7, 11) is 0. The average Bonchev–Trinajstić information content (AvgIpc) is 3.22. The summed E-state index contributed by atoms with van der Waals surface area (Å²) < 4.78 is 3.74. The molecule has 0 saturated carbocycles. The summed E-state index contributed by atoms with van der Waals surface area (Å²) in [5.74, 6) is 0.0612. The van der Waals surface area contributed by atoms with Crippen LogP contribution >= 0.6 is 0 Å². The summed E-state index contributed by atoms with van der Waals surface area (Å²) in [5.41, 5.74) is 3.10. The Labute approximate surface area is 160 Å². The average molecular weight is 365 g/mol. The Morgan fingerprint density at radius 3 is 2.48 bits per heavy atom. The monoisotopic (exact) mass is 365 g/mol. The van der Waals surface area contributed by atoms with Crippen LogP contribution < -0.4 is 5.32 Å². The lowest BCUT2D eigenvalue weighted by atomic mass is 10.1. The molecule has 0 atom stereocenters. The molecule has 0 bridgehead atoms. The molecule has 2 aromatic heterocycles. The number of rotatable bonds is 5. The molecule has 6 nitrogen and oxygen atoms in total. The number of anilines is 1. The van der Waals surface area contributed by atoms with Gasteiger partial charge in [0.15, 0.2) is 5.69 Å². The third-order valence-corrected chi connectivity index (χ3v) is 4.27. The SMILES string of the molecule is CC(C)c1cc(C(=O)Nc2cnn(Cc3ccccc3)c2)nn1C(C)(C)C. The second-order valence-corrected chi connectivity index (χ2v) is 8.06. The molecule has 0 aliphatic heterocycles. The standard InChI is InChI=1S/C21H27N5O/c1-15(2)19-11-18(24-26(19)21(3,4)5)20(27)23-17-12-22-25(14-17)13-16-9-7-6-8-10-16/h6-12,14-15H,13H2,1-5H3,(H,23,27). The van der Waals surface area contributed by atoms with Crippen molar-refractivity contribution in [3.05, 3.63) is 65.7 Å². The maximum absolute atomic E-state index is 12.7. The van der Waals surface area contributed by atoms with Gasteiger partial charge in [-0.15, -0.1) is 0 Å². The molecular formula is C21H27N5O. The first-order valence-electron chi connectivity index (χ1n) is 9.22. The summed E-state index contributed by atoms with van der Waals surface area (Å²) in [4.78, 5) is 12.7. The number of nitrogens with zero attached hydrogens (tertiary/aromatic N) is 4. The molecule has 0 fully saturated rings. The quantitative estimate of drug-likeness (QED) is 0.735. The van der Waals surface area contributed by atoms with E-state index < -0.39 is 0 Å². The first kappa shape index (κ1) is 18.9. The minimum atomic E-state index is -0.223. The fourth-order valence-electron chi connectivity index (χ4n) is 2.94. The first-order chi connectivity index (χ1) is 12.7. The zero-order valence-electron chi connectivity index (χ0n) is 16.6. The van der Waals surface area contributed by atoms with Crippen molar-refractivity contribution in [2.24, 2.45) is 0 Å². The van der Waals surface area contributed by atoms with Crippen molar-refractivity contribution < 1.29 is 4.79 Å². The van der Waals surface area contributed by atoms with Gasteiger partial charge in [0.05, 0.1) is 24.0 Å². The van der Waals surface area contributed by atoms with Crippen LogP contribution in [0.1, 0.15) is 62.3 Å². The largest absolute Gasteiger partial charge is 0.318 e. The second-order valence-electron chi connectivity index (χ2n) is 8.06. The molecule has 2 heterocycles. The summed E-state index contributed by atoms with van der Waals surface area (Å²) >= 11 is 0. The van der Waals surface area contributed by atoms with E-state index >= 15 is 0 Å². The highest BCUT2D eigenvalue weighted by Gasteiger charge is 2.23. The Hall–Kier alpha value is -2.89. The van der Waals surface area contributed by atoms with Crippen LogP contribution in [0.25, 0.3) is 0 Å². The predicted octanol–water partition coefficient (Wildman–Crippen LogP) is 4.26. The van der Waals surface area contributed by atoms with E-state index in [0.29, 0.717) is 17.9 Å². The lowest BCUT2D eigenvalue weighted by Gasteiger charge is -2.23. The van der Waals surface area contributed by atoms with E-state index in [2.05, 4.69) is 50.1 Å². The third kappa shape index (κ3) is 4.45. The van der Waals surface area contributed by atoms with Crippen molar-refractivity contribution >= 4 is 11.6 Å². The molecular weight excluding hydrogens is 338 g/mol. The van der Waals surface area contributed by atoms with Crippen LogP contribution in [-0.4, -0.2) is 25.5 Å². The van der Waals surface area contributed by atoms with Crippen molar-refractivity contribution in [1.82, 2.24) is 19.6 Å². The molecule has 0 aliphatic rings. The van der Waals surface area contributed by atoms with Gasteiger partial charge in [0.1, 0.15) is 0 Å². The van der Waals surface area contributed by atoms with Crippen LogP contribution in [0.2, 0.25) is 0 Å². The van der Waals surface area contributed by atoms with Gasteiger partial charge in [-0.25, -0.2) is 0 Å². The van der Waals surface area contributed by atoms with Gasteiger partial charge in [-0.1, -0.05) is 44.2 Å². The normalized spacial score (nSPS) is 11.8. The molecule has 0 aliphatic carbocycles. The molecule has 1 N–H and O–H groups in total. The number of nitrogens with one attached hydrogen (secondary N) is 1. The molecule has 27 heavy (non-hydrogen) atoms. The lowest BCUT2D eigenvalue weighted by molar-refractivity contribution is 0.102. The number of carbonyl (C=O) groups is 1. The molecule has 142 valence electrons. The number of hydrogen-bond donors (Lipinski definition) is 1. The summed E-state index contributed by atoms with van der Waals surface area (Å²) in [6.45, 7) is 11.1. The van der Waals surface area contributed by atoms with Gasteiger partial charge in [0, 0.05) is 11.9 Å². The third-order valence-electron chi connectivity index (χ3n) is 4.27. The van der Waals surface area contributed by atoms with Crippen LogP contribution in [0, 0.1) is 0 Å². The van der Waals surface area contributed by atoms with E-state index in [-0.39, 0.29) is 17.4 Å². The summed E-state index contributed by atoms with van der Waals surface area (Å²) in [6, 6.07) is 12.0. The van der Waals surface area contributed by atoms with Crippen molar-refractivity contribution in [2.45, 2.75) is 52.6 Å². The smallest absolute Gasteiger partial charge is 0.276 e. The minimum absolute atomic E-state index is 0.182. The van der Waals surface area contributed by atoms with Gasteiger partial charge < -0.3 is 5.32 Å². The van der Waals surface area contributed by atoms with Crippen LogP contribution in [0.5, 0.6) is 0 Å². The second kappa shape index (κ2) is 7.39. The maximum Gasteiger partial charge on any atom is 0.276 e. The van der Waals surface area contributed by atoms with Crippen LogP contribution in [0.15, 0.2) is 48.8 Å². The van der Waals surface area contributed by atoms with Crippen LogP contribution in [0.4, 0.5) is 5.69 Å². The minimum Gasteiger partial charge on any atom is -0.318 e. The summed E-state index contributed by atoms with van der Waals surface area (Å²) in [5, 5.41) is 11.8. The van der Waals surface area contributed by atoms with E-state index in [0.717, 1.165) is 11.3 Å². The summed E-state index contributed by atoms with van der Waals surface area (Å²) in [6.07, 6.45) is 3.49. The van der Waals surface area contributed by atoms with Gasteiger partial charge in [-0.3, -0.25) is 14.2 Å². The van der Waals surface area contributed by atoms with Crippen molar-refractivity contribution in [2.75, 3.05) is 5.32 Å². The highest BCUT2D eigenvalue weighted by molar-refractivity contribution is 6.02. The first-order valence-corrected chi connectivity index (χ1v) is 9.22. The molecule has 1 aromatic carbocycles. The van der Waals surface area contributed by atoms with E-state index in [4.69, 9.17) is 0 Å². The topological polar surface area (TPSA) is 64.7 Å². The van der Waals surface area contributed by atoms with Crippen molar-refractivity contribution in [1.29, 1.82) is 0 Å². The molecule has 0 saturated heterocycles. The predicted molar refractivity (Wildman–Crippen MR) is 107 cm³/mol. The van der Waals surface area contributed by atoms with Crippen molar-refractivity contribution in [3.8, 4) is 0 Å². The zero-order valence-corrected chi connectivity index (χ0v) is 16.6. The number of aromatic nitrogens is 4. The molecule has 0 unspecified atom stereocenters. The Morgan fingerprint density at radius 2 is 1.89 bits per heavy atom. The molecule has 3 rings (SSSR count). The van der Waals surface area contributed by atoms with E-state index in [9.17, 15) is 4.79 Å². The fourth-order valence-corrected chi connectivity index (χ4v) is 2.94. The molecule has 0 radical (unpaired) electrons. The van der Waals surface area contributed by atoms with Gasteiger partial charge in [0.25, 0.3) is 5.91 Å². The molecule has 6 heteroatoms.